The number of nitrogens with zero attached hydrogens (tertiary/aromatic N) is 1. The predicted octanol–water partition coefficient (Wildman–Crippen LogP) is 4.79. The zero-order valence-electron chi connectivity index (χ0n) is 15.6. The van der Waals surface area contributed by atoms with Gasteiger partial charge in [-0.05, 0) is 24.5 Å². The number of benzene rings is 2. The Bertz CT molecular complexity index is 941. The van der Waals surface area contributed by atoms with E-state index in [1.807, 2.05) is 0 Å². The molecule has 0 spiro atoms. The number of carbonyl (C=O) groups is 2. The molecule has 0 saturated carbocycles. The van der Waals surface area contributed by atoms with Crippen LogP contribution in [0.15, 0.2) is 36.4 Å². The van der Waals surface area contributed by atoms with Crippen LogP contribution < -0.4 is 0 Å². The van der Waals surface area contributed by atoms with Gasteiger partial charge in [0.25, 0.3) is 0 Å². The number of likely N-dealkylation sites (tertiary alicyclic amines) is 1. The van der Waals surface area contributed by atoms with E-state index in [1.54, 1.807) is 0 Å². The SMILES string of the molecule is O=C(c1c(F)cc(F)cc1F)C1CCN(C(=O)Cc2cccc(C(F)(F)F)c2)CC1. The molecule has 0 atom stereocenters. The number of carbonyl (C=O) groups excluding carboxylic acids is 2. The van der Waals surface area contributed by atoms with Crippen LogP contribution in [0.2, 0.25) is 0 Å². The molecule has 30 heavy (non-hydrogen) atoms. The van der Waals surface area contributed by atoms with Crippen LogP contribution in [0.4, 0.5) is 26.3 Å². The van der Waals surface area contributed by atoms with Crippen molar-refractivity contribution in [2.75, 3.05) is 13.1 Å². The Morgan fingerprint density at radius 3 is 2.13 bits per heavy atom. The lowest BCUT2D eigenvalue weighted by molar-refractivity contribution is -0.138. The Balaban J connectivity index is 1.62. The summed E-state index contributed by atoms with van der Waals surface area (Å²) in [6, 6.07) is 5.34. The van der Waals surface area contributed by atoms with E-state index in [0.29, 0.717) is 12.1 Å². The minimum absolute atomic E-state index is 0.124. The van der Waals surface area contributed by atoms with Gasteiger partial charge in [0.05, 0.1) is 17.5 Å². The van der Waals surface area contributed by atoms with Gasteiger partial charge in [-0.1, -0.05) is 18.2 Å². The number of Topliss-reactive ketones (excluding diaryl/α,β-unsaturated/α-hetero) is 1. The fourth-order valence-electron chi connectivity index (χ4n) is 3.52. The van der Waals surface area contributed by atoms with E-state index in [1.165, 1.54) is 17.0 Å². The fourth-order valence-corrected chi connectivity index (χ4v) is 3.52. The maximum absolute atomic E-state index is 13.8. The molecule has 0 bridgehead atoms. The third kappa shape index (κ3) is 4.83. The molecule has 0 unspecified atom stereocenters. The lowest BCUT2D eigenvalue weighted by Gasteiger charge is -2.31. The summed E-state index contributed by atoms with van der Waals surface area (Å²) < 4.78 is 79.1. The maximum Gasteiger partial charge on any atom is 0.416 e. The number of alkyl halides is 3. The topological polar surface area (TPSA) is 37.4 Å². The number of amides is 1. The van der Waals surface area contributed by atoms with Crippen molar-refractivity contribution >= 4 is 11.7 Å². The Morgan fingerprint density at radius 2 is 1.57 bits per heavy atom. The van der Waals surface area contributed by atoms with Crippen LogP contribution in [0.5, 0.6) is 0 Å². The smallest absolute Gasteiger partial charge is 0.342 e. The Hall–Kier alpha value is -2.84. The summed E-state index contributed by atoms with van der Waals surface area (Å²) in [5.74, 6) is -5.62. The van der Waals surface area contributed by atoms with E-state index >= 15 is 0 Å². The van der Waals surface area contributed by atoms with Crippen LogP contribution in [-0.4, -0.2) is 29.7 Å². The minimum atomic E-state index is -4.51. The summed E-state index contributed by atoms with van der Waals surface area (Å²) in [5, 5.41) is 0. The molecule has 9 heteroatoms. The Kier molecular flexibility index (Phi) is 6.19. The van der Waals surface area contributed by atoms with E-state index < -0.39 is 52.4 Å². The van der Waals surface area contributed by atoms with Crippen LogP contribution in [0.1, 0.15) is 34.3 Å². The van der Waals surface area contributed by atoms with E-state index in [9.17, 15) is 35.9 Å². The summed E-state index contributed by atoms with van der Waals surface area (Å²) in [7, 11) is 0. The van der Waals surface area contributed by atoms with E-state index in [-0.39, 0.29) is 37.9 Å². The number of hydrogen-bond acceptors (Lipinski definition) is 2. The Morgan fingerprint density at radius 1 is 0.967 bits per heavy atom. The van der Waals surface area contributed by atoms with E-state index in [4.69, 9.17) is 0 Å². The molecule has 2 aromatic rings. The van der Waals surface area contributed by atoms with Gasteiger partial charge in [0.15, 0.2) is 5.78 Å². The molecule has 0 N–H and O–H groups in total. The molecule has 160 valence electrons. The fraction of sp³-hybridized carbons (Fsp3) is 0.333. The lowest BCUT2D eigenvalue weighted by atomic mass is 9.88. The second-order valence-corrected chi connectivity index (χ2v) is 7.14. The zero-order chi connectivity index (χ0) is 22.1. The Labute approximate surface area is 168 Å². The van der Waals surface area contributed by atoms with Crippen molar-refractivity contribution in [1.29, 1.82) is 0 Å². The summed E-state index contributed by atoms with van der Waals surface area (Å²) in [6.45, 7) is 0.247. The number of piperidine rings is 1. The number of ketones is 1. The molecule has 0 radical (unpaired) electrons. The third-order valence-corrected chi connectivity index (χ3v) is 5.08. The minimum Gasteiger partial charge on any atom is -0.342 e. The summed E-state index contributed by atoms with van der Waals surface area (Å²) in [5.41, 5.74) is -1.44. The zero-order valence-corrected chi connectivity index (χ0v) is 15.6. The predicted molar refractivity (Wildman–Crippen MR) is 95.1 cm³/mol. The standard InChI is InChI=1S/C21H17F6NO2/c22-15-10-16(23)19(17(24)11-15)20(30)13-4-6-28(7-5-13)18(29)9-12-2-1-3-14(8-12)21(25,26)27/h1-3,8,10-11,13H,4-7,9H2. The van der Waals surface area contributed by atoms with Crippen molar-refractivity contribution in [3.63, 3.8) is 0 Å². The molecule has 3 nitrogen and oxygen atoms in total. The van der Waals surface area contributed by atoms with Crippen LogP contribution in [0, 0.1) is 23.4 Å². The average Bonchev–Trinajstić information content (AvgIpc) is 2.66. The quantitative estimate of drug-likeness (QED) is 0.518. The second-order valence-electron chi connectivity index (χ2n) is 7.14. The van der Waals surface area contributed by atoms with Gasteiger partial charge in [-0.2, -0.15) is 13.2 Å². The second kappa shape index (κ2) is 8.49. The van der Waals surface area contributed by atoms with E-state index in [2.05, 4.69) is 0 Å². The normalized spacial score (nSPS) is 15.3. The first kappa shape index (κ1) is 21.9. The van der Waals surface area contributed by atoms with Gasteiger partial charge in [0.1, 0.15) is 17.5 Å². The molecule has 1 aliphatic heterocycles. The van der Waals surface area contributed by atoms with Gasteiger partial charge in [-0.15, -0.1) is 0 Å². The highest BCUT2D eigenvalue weighted by atomic mass is 19.4. The first-order valence-electron chi connectivity index (χ1n) is 9.19. The van der Waals surface area contributed by atoms with Crippen molar-refractivity contribution in [2.24, 2.45) is 5.92 Å². The van der Waals surface area contributed by atoms with E-state index in [0.717, 1.165) is 12.1 Å². The molecule has 2 aromatic carbocycles. The van der Waals surface area contributed by atoms with Crippen molar-refractivity contribution in [3.8, 4) is 0 Å². The molecule has 1 heterocycles. The number of rotatable bonds is 4. The van der Waals surface area contributed by atoms with Crippen LogP contribution in [0.25, 0.3) is 0 Å². The molecular formula is C21H17F6NO2. The van der Waals surface area contributed by atoms with Crippen molar-refractivity contribution in [3.05, 3.63) is 70.5 Å². The number of halogens is 6. The van der Waals surface area contributed by atoms with Gasteiger partial charge < -0.3 is 4.90 Å². The van der Waals surface area contributed by atoms with Crippen LogP contribution in [-0.2, 0) is 17.4 Å². The third-order valence-electron chi connectivity index (χ3n) is 5.08. The van der Waals surface area contributed by atoms with Crippen molar-refractivity contribution < 1.29 is 35.9 Å². The summed E-state index contributed by atoms with van der Waals surface area (Å²) in [6.07, 6.45) is -4.46. The average molecular weight is 429 g/mol. The molecule has 1 saturated heterocycles. The number of hydrogen-bond donors (Lipinski definition) is 0. The first-order chi connectivity index (χ1) is 14.1. The highest BCUT2D eigenvalue weighted by Crippen LogP contribution is 2.30. The molecule has 0 aliphatic carbocycles. The van der Waals surface area contributed by atoms with Gasteiger partial charge in [0.2, 0.25) is 5.91 Å². The van der Waals surface area contributed by atoms with Crippen LogP contribution in [0.3, 0.4) is 0 Å². The van der Waals surface area contributed by atoms with Gasteiger partial charge in [0, 0.05) is 31.1 Å². The molecule has 1 fully saturated rings. The monoisotopic (exact) mass is 429 g/mol. The molecule has 0 aromatic heterocycles. The molecule has 1 amide bonds. The van der Waals surface area contributed by atoms with Gasteiger partial charge in [-0.3, -0.25) is 9.59 Å². The van der Waals surface area contributed by atoms with Crippen molar-refractivity contribution in [1.82, 2.24) is 4.90 Å². The summed E-state index contributed by atoms with van der Waals surface area (Å²) >= 11 is 0. The highest BCUT2D eigenvalue weighted by Gasteiger charge is 2.32. The van der Waals surface area contributed by atoms with Gasteiger partial charge >= 0.3 is 6.18 Å². The van der Waals surface area contributed by atoms with Crippen LogP contribution >= 0.6 is 0 Å². The molecular weight excluding hydrogens is 412 g/mol. The van der Waals surface area contributed by atoms with Crippen molar-refractivity contribution in [2.45, 2.75) is 25.4 Å². The van der Waals surface area contributed by atoms with Gasteiger partial charge in [-0.25, -0.2) is 13.2 Å². The molecule has 3 rings (SSSR count). The lowest BCUT2D eigenvalue weighted by Crippen LogP contribution is -2.41. The largest absolute Gasteiger partial charge is 0.416 e. The highest BCUT2D eigenvalue weighted by molar-refractivity contribution is 5.98. The first-order valence-corrected chi connectivity index (χ1v) is 9.19. The summed E-state index contributed by atoms with van der Waals surface area (Å²) in [4.78, 5) is 26.3. The molecule has 1 aliphatic rings. The maximum atomic E-state index is 13.8.